The maximum atomic E-state index is 12.3. The highest BCUT2D eigenvalue weighted by atomic mass is 35.5. The molecule has 3 nitrogen and oxygen atoms in total. The molecular weight excluding hydrogens is 272 g/mol. The van der Waals surface area contributed by atoms with Crippen molar-refractivity contribution in [2.24, 2.45) is 11.7 Å². The summed E-state index contributed by atoms with van der Waals surface area (Å²) in [5, 5.41) is 3.03. The zero-order valence-corrected chi connectivity index (χ0v) is 12.9. The lowest BCUT2D eigenvalue weighted by molar-refractivity contribution is -0.126. The molecule has 2 rings (SSSR count). The van der Waals surface area contributed by atoms with Gasteiger partial charge in [0.1, 0.15) is 5.54 Å². The molecule has 0 heterocycles. The van der Waals surface area contributed by atoms with E-state index < -0.39 is 5.54 Å². The molecule has 1 aromatic carbocycles. The largest absolute Gasteiger partial charge is 0.354 e. The maximum absolute atomic E-state index is 12.3. The van der Waals surface area contributed by atoms with Crippen LogP contribution in [-0.2, 0) is 10.3 Å². The van der Waals surface area contributed by atoms with Crippen molar-refractivity contribution in [3.63, 3.8) is 0 Å². The summed E-state index contributed by atoms with van der Waals surface area (Å²) in [6.45, 7) is 2.54. The molecule has 4 heteroatoms. The van der Waals surface area contributed by atoms with Crippen molar-refractivity contribution in [1.29, 1.82) is 0 Å². The average Bonchev–Trinajstić information content (AvgIpc) is 2.46. The first kappa shape index (κ1) is 17.0. The first-order valence-electron chi connectivity index (χ1n) is 7.23. The van der Waals surface area contributed by atoms with Crippen molar-refractivity contribution >= 4 is 18.3 Å². The van der Waals surface area contributed by atoms with Crippen LogP contribution in [0.1, 0.15) is 44.6 Å². The van der Waals surface area contributed by atoms with E-state index in [1.807, 2.05) is 30.3 Å². The maximum Gasteiger partial charge on any atom is 0.244 e. The van der Waals surface area contributed by atoms with Gasteiger partial charge in [-0.3, -0.25) is 4.79 Å². The van der Waals surface area contributed by atoms with Crippen LogP contribution in [0.3, 0.4) is 0 Å². The van der Waals surface area contributed by atoms with E-state index in [1.165, 1.54) is 32.1 Å². The Bertz CT molecular complexity index is 414. The van der Waals surface area contributed by atoms with E-state index in [4.69, 9.17) is 5.73 Å². The lowest BCUT2D eigenvalue weighted by Gasteiger charge is -2.27. The summed E-state index contributed by atoms with van der Waals surface area (Å²) >= 11 is 0. The number of nitrogens with two attached hydrogens (primary N) is 1. The van der Waals surface area contributed by atoms with E-state index in [9.17, 15) is 4.79 Å². The minimum Gasteiger partial charge on any atom is -0.354 e. The third-order valence-corrected chi connectivity index (χ3v) is 4.12. The molecule has 1 fully saturated rings. The summed E-state index contributed by atoms with van der Waals surface area (Å²) in [6, 6.07) is 9.56. The zero-order chi connectivity index (χ0) is 13.7. The monoisotopic (exact) mass is 296 g/mol. The van der Waals surface area contributed by atoms with Gasteiger partial charge in [0.2, 0.25) is 5.91 Å². The van der Waals surface area contributed by atoms with Gasteiger partial charge >= 0.3 is 0 Å². The lowest BCUT2D eigenvalue weighted by Crippen LogP contribution is -2.50. The quantitative estimate of drug-likeness (QED) is 0.897. The second-order valence-corrected chi connectivity index (χ2v) is 5.78. The number of rotatable bonds is 4. The number of carbonyl (C=O) groups excluding carboxylic acids is 1. The summed E-state index contributed by atoms with van der Waals surface area (Å²) in [6.07, 6.45) is 6.38. The fourth-order valence-corrected chi connectivity index (χ4v) is 2.73. The molecule has 1 unspecified atom stereocenters. The molecule has 112 valence electrons. The second kappa shape index (κ2) is 7.65. The molecule has 0 aliphatic heterocycles. The molecule has 1 aliphatic carbocycles. The smallest absolute Gasteiger partial charge is 0.244 e. The van der Waals surface area contributed by atoms with Gasteiger partial charge in [0.15, 0.2) is 0 Å². The van der Waals surface area contributed by atoms with Crippen molar-refractivity contribution in [2.45, 2.75) is 44.6 Å². The highest BCUT2D eigenvalue weighted by molar-refractivity contribution is 5.87. The average molecular weight is 297 g/mol. The number of hydrogen-bond acceptors (Lipinski definition) is 2. The van der Waals surface area contributed by atoms with Crippen LogP contribution in [0.5, 0.6) is 0 Å². The first-order chi connectivity index (χ1) is 9.10. The number of hydrogen-bond donors (Lipinski definition) is 2. The molecule has 0 saturated heterocycles. The highest BCUT2D eigenvalue weighted by Gasteiger charge is 2.30. The van der Waals surface area contributed by atoms with E-state index >= 15 is 0 Å². The van der Waals surface area contributed by atoms with Crippen LogP contribution >= 0.6 is 12.4 Å². The van der Waals surface area contributed by atoms with Crippen molar-refractivity contribution < 1.29 is 4.79 Å². The highest BCUT2D eigenvalue weighted by Crippen LogP contribution is 2.23. The summed E-state index contributed by atoms with van der Waals surface area (Å²) in [5.41, 5.74) is 6.09. The third kappa shape index (κ3) is 4.22. The van der Waals surface area contributed by atoms with Gasteiger partial charge in [-0.25, -0.2) is 0 Å². The van der Waals surface area contributed by atoms with E-state index in [-0.39, 0.29) is 18.3 Å². The van der Waals surface area contributed by atoms with Crippen LogP contribution in [0, 0.1) is 5.92 Å². The van der Waals surface area contributed by atoms with Crippen LogP contribution in [0.15, 0.2) is 30.3 Å². The van der Waals surface area contributed by atoms with Crippen molar-refractivity contribution in [1.82, 2.24) is 5.32 Å². The van der Waals surface area contributed by atoms with Crippen molar-refractivity contribution in [3.8, 4) is 0 Å². The molecule has 1 aliphatic rings. The molecule has 1 amide bonds. The Hall–Kier alpha value is -1.06. The fraction of sp³-hybridized carbons (Fsp3) is 0.562. The lowest BCUT2D eigenvalue weighted by atomic mass is 9.88. The predicted molar refractivity (Wildman–Crippen MR) is 84.8 cm³/mol. The third-order valence-electron chi connectivity index (χ3n) is 4.12. The molecular formula is C16H25ClN2O. The van der Waals surface area contributed by atoms with Gasteiger partial charge < -0.3 is 11.1 Å². The number of amides is 1. The summed E-state index contributed by atoms with van der Waals surface area (Å²) in [4.78, 5) is 12.3. The Morgan fingerprint density at radius 1 is 1.25 bits per heavy atom. The SMILES string of the molecule is CC(N)(C(=O)NCC1CCCCC1)c1ccccc1.Cl. The van der Waals surface area contributed by atoms with E-state index in [1.54, 1.807) is 6.92 Å². The molecule has 1 atom stereocenters. The normalized spacial score (nSPS) is 18.7. The Morgan fingerprint density at radius 3 is 2.45 bits per heavy atom. The minimum atomic E-state index is -0.948. The van der Waals surface area contributed by atoms with Crippen LogP contribution < -0.4 is 11.1 Å². The van der Waals surface area contributed by atoms with Gasteiger partial charge in [0, 0.05) is 6.54 Å². The van der Waals surface area contributed by atoms with Gasteiger partial charge in [-0.15, -0.1) is 12.4 Å². The molecule has 0 bridgehead atoms. The summed E-state index contributed by atoms with van der Waals surface area (Å²) in [5.74, 6) is 0.550. The van der Waals surface area contributed by atoms with Gasteiger partial charge in [-0.1, -0.05) is 49.6 Å². The zero-order valence-electron chi connectivity index (χ0n) is 12.1. The molecule has 3 N–H and O–H groups in total. The molecule has 0 spiro atoms. The Morgan fingerprint density at radius 2 is 1.85 bits per heavy atom. The van der Waals surface area contributed by atoms with E-state index in [0.29, 0.717) is 5.92 Å². The Balaban J connectivity index is 0.00000200. The van der Waals surface area contributed by atoms with Crippen molar-refractivity contribution in [2.75, 3.05) is 6.54 Å². The van der Waals surface area contributed by atoms with Gasteiger partial charge in [0.25, 0.3) is 0 Å². The number of nitrogens with one attached hydrogen (secondary N) is 1. The van der Waals surface area contributed by atoms with Crippen LogP contribution in [0.2, 0.25) is 0 Å². The topological polar surface area (TPSA) is 55.1 Å². The van der Waals surface area contributed by atoms with E-state index in [0.717, 1.165) is 12.1 Å². The van der Waals surface area contributed by atoms with E-state index in [2.05, 4.69) is 5.32 Å². The minimum absolute atomic E-state index is 0. The summed E-state index contributed by atoms with van der Waals surface area (Å²) < 4.78 is 0. The molecule has 0 aromatic heterocycles. The number of carbonyl (C=O) groups is 1. The van der Waals surface area contributed by atoms with Gasteiger partial charge in [-0.05, 0) is 31.2 Å². The number of benzene rings is 1. The number of halogens is 1. The molecule has 1 aromatic rings. The fourth-order valence-electron chi connectivity index (χ4n) is 2.73. The molecule has 1 saturated carbocycles. The Labute approximate surface area is 127 Å². The standard InChI is InChI=1S/C16H24N2O.ClH/c1-16(17,14-10-6-3-7-11-14)15(19)18-12-13-8-4-2-5-9-13;/h3,6-7,10-11,13H,2,4-5,8-9,12,17H2,1H3,(H,18,19);1H. The van der Waals surface area contributed by atoms with Crippen LogP contribution in [0.4, 0.5) is 0 Å². The van der Waals surface area contributed by atoms with Gasteiger partial charge in [-0.2, -0.15) is 0 Å². The van der Waals surface area contributed by atoms with Crippen molar-refractivity contribution in [3.05, 3.63) is 35.9 Å². The molecule has 0 radical (unpaired) electrons. The van der Waals surface area contributed by atoms with Crippen LogP contribution in [0.25, 0.3) is 0 Å². The first-order valence-corrected chi connectivity index (χ1v) is 7.23. The molecule has 20 heavy (non-hydrogen) atoms. The van der Waals surface area contributed by atoms with Crippen LogP contribution in [-0.4, -0.2) is 12.5 Å². The Kier molecular flexibility index (Phi) is 6.50. The summed E-state index contributed by atoms with van der Waals surface area (Å²) in [7, 11) is 0. The predicted octanol–water partition coefficient (Wildman–Crippen LogP) is 2.98. The second-order valence-electron chi connectivity index (χ2n) is 5.78. The van der Waals surface area contributed by atoms with Gasteiger partial charge in [0.05, 0.1) is 0 Å².